The standard InChI is InChI=1S/C20H23ClFNO2/c1-2-3-14-11-17(6-7-19(14)24)23-9-8-15(20(23)25)10-13-4-5-16(22)12-18(13)21/h3-5,12,15,17H,2,6-11H2,1H3/b14-3+. The van der Waals surface area contributed by atoms with Crippen LogP contribution in [0.15, 0.2) is 29.8 Å². The van der Waals surface area contributed by atoms with Gasteiger partial charge in [-0.15, -0.1) is 0 Å². The van der Waals surface area contributed by atoms with Crippen LogP contribution >= 0.6 is 11.6 Å². The number of hydrogen-bond donors (Lipinski definition) is 0. The zero-order valence-electron chi connectivity index (χ0n) is 14.4. The molecule has 1 aromatic carbocycles. The Bertz CT molecular complexity index is 716. The average Bonchev–Trinajstić information content (AvgIpc) is 2.93. The number of rotatable bonds is 4. The summed E-state index contributed by atoms with van der Waals surface area (Å²) < 4.78 is 13.2. The zero-order chi connectivity index (χ0) is 18.0. The minimum atomic E-state index is -0.366. The fourth-order valence-electron chi connectivity index (χ4n) is 3.91. The molecule has 0 radical (unpaired) electrons. The Morgan fingerprint density at radius 2 is 2.12 bits per heavy atom. The van der Waals surface area contributed by atoms with E-state index in [1.165, 1.54) is 12.1 Å². The third kappa shape index (κ3) is 3.95. The van der Waals surface area contributed by atoms with Crippen LogP contribution in [-0.2, 0) is 16.0 Å². The summed E-state index contributed by atoms with van der Waals surface area (Å²) >= 11 is 6.10. The molecule has 1 aromatic rings. The van der Waals surface area contributed by atoms with Gasteiger partial charge in [0.05, 0.1) is 0 Å². The second kappa shape index (κ2) is 7.69. The molecule has 2 fully saturated rings. The van der Waals surface area contributed by atoms with Crippen molar-refractivity contribution < 1.29 is 14.0 Å². The predicted octanol–water partition coefficient (Wildman–Crippen LogP) is 4.33. The summed E-state index contributed by atoms with van der Waals surface area (Å²) in [5.74, 6) is -0.121. The highest BCUT2D eigenvalue weighted by Gasteiger charge is 2.38. The van der Waals surface area contributed by atoms with Crippen molar-refractivity contribution in [3.63, 3.8) is 0 Å². The van der Waals surface area contributed by atoms with E-state index in [0.29, 0.717) is 24.3 Å². The molecule has 0 N–H and O–H groups in total. The Labute approximate surface area is 152 Å². The number of allylic oxidation sites excluding steroid dienone is 1. The molecule has 2 unspecified atom stereocenters. The number of ketones is 1. The smallest absolute Gasteiger partial charge is 0.226 e. The Morgan fingerprint density at radius 3 is 2.84 bits per heavy atom. The van der Waals surface area contributed by atoms with Crippen molar-refractivity contribution in [2.24, 2.45) is 5.92 Å². The first-order chi connectivity index (χ1) is 12.0. The lowest BCUT2D eigenvalue weighted by Gasteiger charge is -2.32. The monoisotopic (exact) mass is 363 g/mol. The summed E-state index contributed by atoms with van der Waals surface area (Å²) in [4.78, 5) is 26.8. The van der Waals surface area contributed by atoms with Gasteiger partial charge in [-0.25, -0.2) is 4.39 Å². The summed E-state index contributed by atoms with van der Waals surface area (Å²) in [5, 5.41) is 0.377. The van der Waals surface area contributed by atoms with Gasteiger partial charge in [-0.2, -0.15) is 0 Å². The first-order valence-corrected chi connectivity index (χ1v) is 9.34. The van der Waals surface area contributed by atoms with Gasteiger partial charge in [-0.05, 0) is 55.4 Å². The van der Waals surface area contributed by atoms with Gasteiger partial charge >= 0.3 is 0 Å². The Hall–Kier alpha value is -1.68. The highest BCUT2D eigenvalue weighted by atomic mass is 35.5. The van der Waals surface area contributed by atoms with Gasteiger partial charge in [0.15, 0.2) is 5.78 Å². The van der Waals surface area contributed by atoms with Crippen LogP contribution in [0.5, 0.6) is 0 Å². The van der Waals surface area contributed by atoms with Gasteiger partial charge in [0.25, 0.3) is 0 Å². The summed E-state index contributed by atoms with van der Waals surface area (Å²) in [6.45, 7) is 2.74. The normalized spacial score (nSPS) is 25.9. The third-order valence-electron chi connectivity index (χ3n) is 5.24. The molecule has 0 bridgehead atoms. The number of hydrogen-bond acceptors (Lipinski definition) is 2. The van der Waals surface area contributed by atoms with Crippen LogP contribution in [-0.4, -0.2) is 29.2 Å². The first kappa shape index (κ1) is 18.1. The van der Waals surface area contributed by atoms with Crippen molar-refractivity contribution in [2.75, 3.05) is 6.54 Å². The van der Waals surface area contributed by atoms with Crippen molar-refractivity contribution in [1.82, 2.24) is 4.90 Å². The molecule has 0 spiro atoms. The molecule has 0 aromatic heterocycles. The minimum absolute atomic E-state index is 0.112. The Balaban J connectivity index is 1.67. The topological polar surface area (TPSA) is 37.4 Å². The summed E-state index contributed by atoms with van der Waals surface area (Å²) in [7, 11) is 0. The lowest BCUT2D eigenvalue weighted by atomic mass is 9.88. The maximum atomic E-state index is 13.2. The van der Waals surface area contributed by atoms with Crippen LogP contribution in [0.1, 0.15) is 44.6 Å². The number of benzene rings is 1. The largest absolute Gasteiger partial charge is 0.339 e. The number of nitrogens with zero attached hydrogens (tertiary/aromatic N) is 1. The molecule has 134 valence electrons. The molecule has 1 saturated heterocycles. The lowest BCUT2D eigenvalue weighted by molar-refractivity contribution is -0.134. The number of Topliss-reactive ketones (excluding diaryl/α,β-unsaturated/α-hetero) is 1. The van der Waals surface area contributed by atoms with Gasteiger partial charge in [-0.3, -0.25) is 9.59 Å². The van der Waals surface area contributed by atoms with E-state index in [0.717, 1.165) is 36.9 Å². The third-order valence-corrected chi connectivity index (χ3v) is 5.59. The fraction of sp³-hybridized carbons (Fsp3) is 0.500. The molecule has 3 nitrogen and oxygen atoms in total. The fourth-order valence-corrected chi connectivity index (χ4v) is 4.15. The molecule has 2 aliphatic rings. The molecule has 1 heterocycles. The first-order valence-electron chi connectivity index (χ1n) is 8.96. The average molecular weight is 364 g/mol. The van der Waals surface area contributed by atoms with Crippen LogP contribution in [0.25, 0.3) is 0 Å². The number of likely N-dealkylation sites (tertiary alicyclic amines) is 1. The Morgan fingerprint density at radius 1 is 1.32 bits per heavy atom. The van der Waals surface area contributed by atoms with E-state index in [2.05, 4.69) is 0 Å². The molecule has 25 heavy (non-hydrogen) atoms. The second-order valence-electron chi connectivity index (χ2n) is 6.91. The Kier molecular flexibility index (Phi) is 5.57. The molecule has 5 heteroatoms. The predicted molar refractivity (Wildman–Crippen MR) is 96.0 cm³/mol. The van der Waals surface area contributed by atoms with Gasteiger partial charge in [0, 0.05) is 29.9 Å². The van der Waals surface area contributed by atoms with E-state index in [9.17, 15) is 14.0 Å². The van der Waals surface area contributed by atoms with E-state index >= 15 is 0 Å². The number of amides is 1. The van der Waals surface area contributed by atoms with Crippen LogP contribution in [0.3, 0.4) is 0 Å². The maximum absolute atomic E-state index is 13.2. The van der Waals surface area contributed by atoms with Gasteiger partial charge < -0.3 is 4.90 Å². The van der Waals surface area contributed by atoms with Crippen molar-refractivity contribution >= 4 is 23.3 Å². The zero-order valence-corrected chi connectivity index (χ0v) is 15.2. The summed E-state index contributed by atoms with van der Waals surface area (Å²) in [6.07, 6.45) is 6.09. The lowest BCUT2D eigenvalue weighted by Crippen LogP contribution is -2.41. The van der Waals surface area contributed by atoms with Gasteiger partial charge in [-0.1, -0.05) is 30.7 Å². The summed E-state index contributed by atoms with van der Waals surface area (Å²) in [5.41, 5.74) is 1.69. The molecule has 1 amide bonds. The quantitative estimate of drug-likeness (QED) is 0.747. The maximum Gasteiger partial charge on any atom is 0.226 e. The number of carbonyl (C=O) groups is 2. The molecular weight excluding hydrogens is 341 g/mol. The van der Waals surface area contributed by atoms with Gasteiger partial charge in [0.2, 0.25) is 5.91 Å². The van der Waals surface area contributed by atoms with Crippen molar-refractivity contribution in [2.45, 2.75) is 51.5 Å². The molecule has 1 aliphatic carbocycles. The van der Waals surface area contributed by atoms with Crippen LogP contribution in [0, 0.1) is 11.7 Å². The van der Waals surface area contributed by atoms with Gasteiger partial charge in [0.1, 0.15) is 5.82 Å². The van der Waals surface area contributed by atoms with E-state index in [1.807, 2.05) is 17.9 Å². The van der Waals surface area contributed by atoms with Crippen LogP contribution in [0.2, 0.25) is 5.02 Å². The molecule has 2 atom stereocenters. The number of carbonyl (C=O) groups excluding carboxylic acids is 2. The van der Waals surface area contributed by atoms with Crippen LogP contribution < -0.4 is 0 Å². The molecular formula is C20H23ClFNO2. The van der Waals surface area contributed by atoms with E-state index < -0.39 is 0 Å². The molecule has 1 saturated carbocycles. The van der Waals surface area contributed by atoms with E-state index in [1.54, 1.807) is 6.07 Å². The molecule has 1 aliphatic heterocycles. The van der Waals surface area contributed by atoms with E-state index in [4.69, 9.17) is 11.6 Å². The SMILES string of the molecule is CC/C=C1\CC(N2CCC(Cc3ccc(F)cc3Cl)C2=O)CCC1=O. The van der Waals surface area contributed by atoms with E-state index in [-0.39, 0.29) is 29.5 Å². The van der Waals surface area contributed by atoms with Crippen LogP contribution in [0.4, 0.5) is 4.39 Å². The second-order valence-corrected chi connectivity index (χ2v) is 7.32. The highest BCUT2D eigenvalue weighted by molar-refractivity contribution is 6.31. The van der Waals surface area contributed by atoms with Crippen molar-refractivity contribution in [1.29, 1.82) is 0 Å². The van der Waals surface area contributed by atoms with Crippen molar-refractivity contribution in [3.05, 3.63) is 46.3 Å². The highest BCUT2D eigenvalue weighted by Crippen LogP contribution is 2.32. The summed E-state index contributed by atoms with van der Waals surface area (Å²) in [6, 6.07) is 4.46. The minimum Gasteiger partial charge on any atom is -0.339 e. The molecule has 3 rings (SSSR count). The number of halogens is 2. The van der Waals surface area contributed by atoms with Crippen molar-refractivity contribution in [3.8, 4) is 0 Å².